The molecule has 0 N–H and O–H groups in total. The number of hydrogen-bond donors (Lipinski definition) is 0. The normalized spacial score (nSPS) is 12.7. The lowest BCUT2D eigenvalue weighted by molar-refractivity contribution is 0.768. The molecule has 214 valence electrons. The van der Waals surface area contributed by atoms with Crippen molar-refractivity contribution in [1.29, 1.82) is 0 Å². The Kier molecular flexibility index (Phi) is 6.82. The SMILES string of the molecule is Clc1ccc(-c2cccc(N(c3ccccc3)c3ccc4c(c3)C(c3ccccc3)(c3ccccc3)c3ccccc3-4)c2)cc1. The van der Waals surface area contributed by atoms with Gasteiger partial charge in [0.25, 0.3) is 0 Å². The summed E-state index contributed by atoms with van der Waals surface area (Å²) in [6.45, 7) is 0. The molecule has 0 spiro atoms. The summed E-state index contributed by atoms with van der Waals surface area (Å²) in [5.74, 6) is 0. The maximum absolute atomic E-state index is 6.22. The molecule has 0 radical (unpaired) electrons. The van der Waals surface area contributed by atoms with Gasteiger partial charge < -0.3 is 4.90 Å². The highest BCUT2D eigenvalue weighted by Crippen LogP contribution is 2.57. The van der Waals surface area contributed by atoms with Crippen LogP contribution in [0.1, 0.15) is 22.3 Å². The largest absolute Gasteiger partial charge is 0.310 e. The van der Waals surface area contributed by atoms with Gasteiger partial charge >= 0.3 is 0 Å². The van der Waals surface area contributed by atoms with Crippen LogP contribution in [0.2, 0.25) is 5.02 Å². The summed E-state index contributed by atoms with van der Waals surface area (Å²) in [6, 6.07) is 65.3. The Morgan fingerprint density at radius 2 is 0.933 bits per heavy atom. The first-order valence-electron chi connectivity index (χ1n) is 15.3. The van der Waals surface area contributed by atoms with Gasteiger partial charge in [-0.1, -0.05) is 145 Å². The molecule has 0 amide bonds. The van der Waals surface area contributed by atoms with Crippen LogP contribution in [0.4, 0.5) is 17.1 Å². The Labute approximate surface area is 269 Å². The predicted molar refractivity (Wildman–Crippen MR) is 189 cm³/mol. The van der Waals surface area contributed by atoms with Gasteiger partial charge in [-0.2, -0.15) is 0 Å². The molecule has 0 bridgehead atoms. The standard InChI is InChI=1S/C43H30ClN/c44-35-25-23-31(24-26-35)32-13-12-20-37(29-32)45(36-18-8-3-9-19-36)38-27-28-40-39-21-10-11-22-41(39)43(42(40)30-38,33-14-4-1-5-15-33)34-16-6-2-7-17-34/h1-30H. The van der Waals surface area contributed by atoms with E-state index < -0.39 is 5.41 Å². The van der Waals surface area contributed by atoms with E-state index in [4.69, 9.17) is 11.6 Å². The maximum atomic E-state index is 6.22. The Balaban J connectivity index is 1.38. The number of fused-ring (bicyclic) bond motifs is 3. The maximum Gasteiger partial charge on any atom is 0.0714 e. The van der Waals surface area contributed by atoms with Crippen LogP contribution in [-0.2, 0) is 5.41 Å². The molecule has 0 unspecified atom stereocenters. The number of nitrogens with zero attached hydrogens (tertiary/aromatic N) is 1. The summed E-state index contributed by atoms with van der Waals surface area (Å²) in [6.07, 6.45) is 0. The van der Waals surface area contributed by atoms with Gasteiger partial charge in [0.1, 0.15) is 0 Å². The van der Waals surface area contributed by atoms with Crippen molar-refractivity contribution in [3.8, 4) is 22.3 Å². The van der Waals surface area contributed by atoms with E-state index in [1.807, 2.05) is 12.1 Å². The molecule has 0 aromatic heterocycles. The Hall–Kier alpha value is -5.37. The molecule has 0 saturated carbocycles. The fraction of sp³-hybridized carbons (Fsp3) is 0.0233. The second-order valence-corrected chi connectivity index (χ2v) is 11.9. The van der Waals surface area contributed by atoms with E-state index in [9.17, 15) is 0 Å². The summed E-state index contributed by atoms with van der Waals surface area (Å²) in [4.78, 5) is 2.36. The summed E-state index contributed by atoms with van der Waals surface area (Å²) in [5.41, 5.74) is 12.8. The Morgan fingerprint density at radius 1 is 0.378 bits per heavy atom. The van der Waals surface area contributed by atoms with Crippen LogP contribution in [0.3, 0.4) is 0 Å². The second kappa shape index (κ2) is 11.3. The molecule has 1 aliphatic rings. The first kappa shape index (κ1) is 27.2. The lowest BCUT2D eigenvalue weighted by Gasteiger charge is -2.35. The third-order valence-electron chi connectivity index (χ3n) is 9.00. The van der Waals surface area contributed by atoms with Gasteiger partial charge in [0.2, 0.25) is 0 Å². The van der Waals surface area contributed by atoms with E-state index in [1.54, 1.807) is 0 Å². The van der Waals surface area contributed by atoms with Crippen molar-refractivity contribution in [1.82, 2.24) is 0 Å². The zero-order valence-electron chi connectivity index (χ0n) is 24.6. The lowest BCUT2D eigenvalue weighted by Crippen LogP contribution is -2.28. The van der Waals surface area contributed by atoms with E-state index in [0.717, 1.165) is 33.2 Å². The van der Waals surface area contributed by atoms with Crippen LogP contribution in [0.25, 0.3) is 22.3 Å². The molecular formula is C43H30ClN. The Bertz CT molecular complexity index is 2060. The van der Waals surface area contributed by atoms with Crippen molar-refractivity contribution < 1.29 is 0 Å². The first-order valence-corrected chi connectivity index (χ1v) is 15.7. The highest BCUT2D eigenvalue weighted by atomic mass is 35.5. The average Bonchev–Trinajstić information content (AvgIpc) is 3.41. The number of rotatable bonds is 6. The van der Waals surface area contributed by atoms with Crippen LogP contribution >= 0.6 is 11.6 Å². The molecule has 0 heterocycles. The predicted octanol–water partition coefficient (Wildman–Crippen LogP) is 11.8. The smallest absolute Gasteiger partial charge is 0.0714 e. The summed E-state index contributed by atoms with van der Waals surface area (Å²) < 4.78 is 0. The number of benzene rings is 7. The van der Waals surface area contributed by atoms with Gasteiger partial charge in [-0.3, -0.25) is 0 Å². The van der Waals surface area contributed by atoms with E-state index in [1.165, 1.54) is 33.4 Å². The molecule has 1 aliphatic carbocycles. The zero-order valence-corrected chi connectivity index (χ0v) is 25.4. The van der Waals surface area contributed by atoms with Gasteiger partial charge in [-0.05, 0) is 93.0 Å². The van der Waals surface area contributed by atoms with Crippen LogP contribution < -0.4 is 4.90 Å². The lowest BCUT2D eigenvalue weighted by atomic mass is 9.67. The van der Waals surface area contributed by atoms with Gasteiger partial charge in [0.15, 0.2) is 0 Å². The van der Waals surface area contributed by atoms with Crippen molar-refractivity contribution >= 4 is 28.7 Å². The molecule has 45 heavy (non-hydrogen) atoms. The molecule has 0 fully saturated rings. The molecule has 7 aromatic carbocycles. The second-order valence-electron chi connectivity index (χ2n) is 11.5. The summed E-state index contributed by atoms with van der Waals surface area (Å²) >= 11 is 6.22. The van der Waals surface area contributed by atoms with E-state index in [0.29, 0.717) is 0 Å². The summed E-state index contributed by atoms with van der Waals surface area (Å²) in [5, 5.41) is 0.736. The minimum absolute atomic E-state index is 0.460. The number of halogens is 1. The van der Waals surface area contributed by atoms with E-state index in [2.05, 4.69) is 175 Å². The molecule has 0 atom stereocenters. The van der Waals surface area contributed by atoms with Gasteiger partial charge in [0, 0.05) is 22.1 Å². The minimum Gasteiger partial charge on any atom is -0.310 e. The topological polar surface area (TPSA) is 3.24 Å². The fourth-order valence-corrected chi connectivity index (χ4v) is 7.19. The molecule has 1 nitrogen and oxygen atoms in total. The third kappa shape index (κ3) is 4.56. The van der Waals surface area contributed by atoms with Gasteiger partial charge in [0.05, 0.1) is 5.41 Å². The zero-order chi connectivity index (χ0) is 30.2. The van der Waals surface area contributed by atoms with Crippen molar-refractivity contribution in [2.75, 3.05) is 4.90 Å². The van der Waals surface area contributed by atoms with Gasteiger partial charge in [-0.15, -0.1) is 0 Å². The first-order chi connectivity index (χ1) is 22.2. The van der Waals surface area contributed by atoms with Crippen LogP contribution in [0, 0.1) is 0 Å². The highest BCUT2D eigenvalue weighted by molar-refractivity contribution is 6.30. The quantitative estimate of drug-likeness (QED) is 0.185. The number of anilines is 3. The van der Waals surface area contributed by atoms with E-state index in [-0.39, 0.29) is 0 Å². The molecule has 7 aromatic rings. The van der Waals surface area contributed by atoms with Crippen LogP contribution in [0.15, 0.2) is 182 Å². The monoisotopic (exact) mass is 595 g/mol. The van der Waals surface area contributed by atoms with Crippen molar-refractivity contribution in [3.63, 3.8) is 0 Å². The molecule has 0 aliphatic heterocycles. The highest BCUT2D eigenvalue weighted by Gasteiger charge is 2.46. The number of para-hydroxylation sites is 1. The third-order valence-corrected chi connectivity index (χ3v) is 9.25. The fourth-order valence-electron chi connectivity index (χ4n) is 7.06. The molecule has 0 saturated heterocycles. The van der Waals surface area contributed by atoms with Crippen molar-refractivity contribution in [2.45, 2.75) is 5.41 Å². The van der Waals surface area contributed by atoms with Crippen LogP contribution in [0.5, 0.6) is 0 Å². The molecule has 8 rings (SSSR count). The number of hydrogen-bond acceptors (Lipinski definition) is 1. The van der Waals surface area contributed by atoms with Crippen molar-refractivity contribution in [2.24, 2.45) is 0 Å². The minimum atomic E-state index is -0.460. The van der Waals surface area contributed by atoms with Crippen LogP contribution in [-0.4, -0.2) is 0 Å². The molecule has 2 heteroatoms. The van der Waals surface area contributed by atoms with E-state index >= 15 is 0 Å². The summed E-state index contributed by atoms with van der Waals surface area (Å²) in [7, 11) is 0. The average molecular weight is 596 g/mol. The Morgan fingerprint density at radius 3 is 1.62 bits per heavy atom. The van der Waals surface area contributed by atoms with Gasteiger partial charge in [-0.25, -0.2) is 0 Å². The van der Waals surface area contributed by atoms with Crippen molar-refractivity contribution in [3.05, 3.63) is 209 Å². The molecular weight excluding hydrogens is 566 g/mol.